The van der Waals surface area contributed by atoms with Crippen LogP contribution in [0.4, 0.5) is 5.69 Å². The molecule has 1 atom stereocenters. The van der Waals surface area contributed by atoms with E-state index in [1.54, 1.807) is 30.9 Å². The maximum atomic E-state index is 12.7. The van der Waals surface area contributed by atoms with E-state index in [1.165, 1.54) is 12.1 Å². The summed E-state index contributed by atoms with van der Waals surface area (Å²) < 4.78 is 27.9. The van der Waals surface area contributed by atoms with E-state index < -0.39 is 16.1 Å². The molecule has 0 spiro atoms. The number of hydrogen-bond donors (Lipinski definition) is 2. The maximum Gasteiger partial charge on any atom is 0.241 e. The highest BCUT2D eigenvalue weighted by Crippen LogP contribution is 2.21. The Bertz CT molecular complexity index is 1030. The van der Waals surface area contributed by atoms with Crippen LogP contribution in [0, 0.1) is 12.8 Å². The van der Waals surface area contributed by atoms with Crippen LogP contribution in [-0.4, -0.2) is 32.8 Å². The normalized spacial score (nSPS) is 15.4. The Morgan fingerprint density at radius 2 is 1.71 bits per heavy atom. The Labute approximate surface area is 183 Å². The average molecular weight is 444 g/mol. The van der Waals surface area contributed by atoms with Gasteiger partial charge in [-0.3, -0.25) is 9.59 Å². The molecule has 0 aliphatic carbocycles. The zero-order chi connectivity index (χ0) is 22.6. The van der Waals surface area contributed by atoms with Crippen LogP contribution in [0.1, 0.15) is 37.8 Å². The molecule has 1 saturated heterocycles. The Morgan fingerprint density at radius 3 is 2.26 bits per heavy atom. The summed E-state index contributed by atoms with van der Waals surface area (Å²) in [4.78, 5) is 26.5. The van der Waals surface area contributed by atoms with Crippen LogP contribution in [0.15, 0.2) is 53.4 Å². The second-order valence-corrected chi connectivity index (χ2v) is 9.90. The van der Waals surface area contributed by atoms with E-state index in [2.05, 4.69) is 10.0 Å². The molecular formula is C23H29N3O4S. The van der Waals surface area contributed by atoms with Gasteiger partial charge in [0.15, 0.2) is 0 Å². The third-order valence-corrected chi connectivity index (χ3v) is 6.81. The molecule has 2 aromatic rings. The van der Waals surface area contributed by atoms with Crippen LogP contribution < -0.4 is 14.9 Å². The summed E-state index contributed by atoms with van der Waals surface area (Å²) >= 11 is 0. The first kappa shape index (κ1) is 23.0. The summed E-state index contributed by atoms with van der Waals surface area (Å²) in [6.45, 7) is 6.46. The summed E-state index contributed by atoms with van der Waals surface area (Å²) in [5, 5.41) is 2.81. The summed E-state index contributed by atoms with van der Waals surface area (Å²) in [6.07, 6.45) is 1.44. The lowest BCUT2D eigenvalue weighted by Crippen LogP contribution is -2.49. The number of anilines is 1. The lowest BCUT2D eigenvalue weighted by Gasteiger charge is -2.22. The Hall–Kier alpha value is -2.71. The van der Waals surface area contributed by atoms with Gasteiger partial charge in [0.25, 0.3) is 0 Å². The molecule has 0 unspecified atom stereocenters. The van der Waals surface area contributed by atoms with Crippen molar-refractivity contribution < 1.29 is 18.0 Å². The number of rotatable bonds is 8. The van der Waals surface area contributed by atoms with Gasteiger partial charge in [-0.25, -0.2) is 8.42 Å². The summed E-state index contributed by atoms with van der Waals surface area (Å²) in [6, 6.07) is 13.1. The van der Waals surface area contributed by atoms with E-state index in [4.69, 9.17) is 0 Å². The van der Waals surface area contributed by atoms with Crippen LogP contribution in [-0.2, 0) is 26.2 Å². The molecule has 0 aromatic heterocycles. The molecule has 1 aliphatic rings. The van der Waals surface area contributed by atoms with Crippen LogP contribution in [0.5, 0.6) is 0 Å². The molecule has 1 aliphatic heterocycles. The Balaban J connectivity index is 1.63. The predicted octanol–water partition coefficient (Wildman–Crippen LogP) is 2.74. The van der Waals surface area contributed by atoms with Crippen LogP contribution >= 0.6 is 0 Å². The van der Waals surface area contributed by atoms with E-state index in [-0.39, 0.29) is 29.2 Å². The van der Waals surface area contributed by atoms with Crippen molar-refractivity contribution in [1.82, 2.24) is 10.0 Å². The van der Waals surface area contributed by atoms with Crippen molar-refractivity contribution in [2.24, 2.45) is 5.92 Å². The molecule has 2 aromatic carbocycles. The van der Waals surface area contributed by atoms with Crippen LogP contribution in [0.3, 0.4) is 0 Å². The SMILES string of the molecule is Cc1ccc(S(=O)(=O)N[C@@H](C(=O)NCc2ccc(N3CCCC3=O)cc2)C(C)C)cc1. The molecule has 166 valence electrons. The van der Waals surface area contributed by atoms with Gasteiger partial charge in [0.2, 0.25) is 21.8 Å². The molecule has 0 bridgehead atoms. The van der Waals surface area contributed by atoms with E-state index in [0.717, 1.165) is 29.8 Å². The molecule has 3 rings (SSSR count). The molecule has 0 radical (unpaired) electrons. The number of nitrogens with zero attached hydrogens (tertiary/aromatic N) is 1. The monoisotopic (exact) mass is 443 g/mol. The highest BCUT2D eigenvalue weighted by atomic mass is 32.2. The first-order chi connectivity index (χ1) is 14.7. The van der Waals surface area contributed by atoms with Crippen molar-refractivity contribution >= 4 is 27.5 Å². The third kappa shape index (κ3) is 5.71. The number of benzene rings is 2. The number of sulfonamides is 1. The van der Waals surface area contributed by atoms with Gasteiger partial charge in [-0.05, 0) is 49.1 Å². The Kier molecular flexibility index (Phi) is 7.12. The zero-order valence-corrected chi connectivity index (χ0v) is 18.9. The molecule has 1 heterocycles. The van der Waals surface area contributed by atoms with Crippen molar-refractivity contribution in [1.29, 1.82) is 0 Å². The number of hydrogen-bond acceptors (Lipinski definition) is 4. The fourth-order valence-corrected chi connectivity index (χ4v) is 4.80. The van der Waals surface area contributed by atoms with Crippen molar-refractivity contribution in [3.63, 3.8) is 0 Å². The van der Waals surface area contributed by atoms with Gasteiger partial charge < -0.3 is 10.2 Å². The van der Waals surface area contributed by atoms with Gasteiger partial charge in [-0.15, -0.1) is 0 Å². The van der Waals surface area contributed by atoms with Crippen LogP contribution in [0.25, 0.3) is 0 Å². The van der Waals surface area contributed by atoms with E-state index in [1.807, 2.05) is 31.2 Å². The van der Waals surface area contributed by atoms with Gasteiger partial charge >= 0.3 is 0 Å². The van der Waals surface area contributed by atoms with Crippen molar-refractivity contribution in [2.75, 3.05) is 11.4 Å². The first-order valence-corrected chi connectivity index (χ1v) is 11.9. The highest BCUT2D eigenvalue weighted by Gasteiger charge is 2.28. The van der Waals surface area contributed by atoms with E-state index in [0.29, 0.717) is 6.42 Å². The number of aryl methyl sites for hydroxylation is 1. The van der Waals surface area contributed by atoms with Crippen molar-refractivity contribution in [2.45, 2.75) is 51.1 Å². The minimum absolute atomic E-state index is 0.127. The van der Waals surface area contributed by atoms with Gasteiger partial charge in [-0.1, -0.05) is 43.7 Å². The molecule has 2 amide bonds. The average Bonchev–Trinajstić information content (AvgIpc) is 3.16. The minimum atomic E-state index is -3.82. The van der Waals surface area contributed by atoms with Gasteiger partial charge in [0, 0.05) is 25.2 Å². The van der Waals surface area contributed by atoms with Crippen LogP contribution in [0.2, 0.25) is 0 Å². The first-order valence-electron chi connectivity index (χ1n) is 10.4. The van der Waals surface area contributed by atoms with E-state index in [9.17, 15) is 18.0 Å². The number of carbonyl (C=O) groups excluding carboxylic acids is 2. The topological polar surface area (TPSA) is 95.6 Å². The predicted molar refractivity (Wildman–Crippen MR) is 120 cm³/mol. The molecule has 1 fully saturated rings. The van der Waals surface area contributed by atoms with Crippen molar-refractivity contribution in [3.8, 4) is 0 Å². The third-order valence-electron chi connectivity index (χ3n) is 5.35. The summed E-state index contributed by atoms with van der Waals surface area (Å²) in [7, 11) is -3.82. The molecular weight excluding hydrogens is 414 g/mol. The molecule has 8 heteroatoms. The number of amides is 2. The fraction of sp³-hybridized carbons (Fsp3) is 0.391. The lowest BCUT2D eigenvalue weighted by atomic mass is 10.0. The molecule has 7 nitrogen and oxygen atoms in total. The number of carbonyl (C=O) groups is 2. The molecule has 0 saturated carbocycles. The maximum absolute atomic E-state index is 12.7. The van der Waals surface area contributed by atoms with Gasteiger partial charge in [-0.2, -0.15) is 4.72 Å². The zero-order valence-electron chi connectivity index (χ0n) is 18.1. The Morgan fingerprint density at radius 1 is 1.06 bits per heavy atom. The summed E-state index contributed by atoms with van der Waals surface area (Å²) in [5.41, 5.74) is 2.67. The minimum Gasteiger partial charge on any atom is -0.351 e. The number of nitrogens with one attached hydrogen (secondary N) is 2. The van der Waals surface area contributed by atoms with Crippen molar-refractivity contribution in [3.05, 3.63) is 59.7 Å². The quantitative estimate of drug-likeness (QED) is 0.656. The standard InChI is InChI=1S/C23H29N3O4S/c1-16(2)22(25-31(29,30)20-12-6-17(3)7-13-20)23(28)24-15-18-8-10-19(11-9-18)26-14-4-5-21(26)27/h6-13,16,22,25H,4-5,14-15H2,1-3H3,(H,24,28)/t22-/m1/s1. The highest BCUT2D eigenvalue weighted by molar-refractivity contribution is 7.89. The fourth-order valence-electron chi connectivity index (χ4n) is 3.46. The second kappa shape index (κ2) is 9.62. The molecule has 31 heavy (non-hydrogen) atoms. The molecule has 2 N–H and O–H groups in total. The van der Waals surface area contributed by atoms with Gasteiger partial charge in [0.05, 0.1) is 4.90 Å². The van der Waals surface area contributed by atoms with Gasteiger partial charge in [0.1, 0.15) is 6.04 Å². The lowest BCUT2D eigenvalue weighted by molar-refractivity contribution is -0.123. The summed E-state index contributed by atoms with van der Waals surface area (Å²) in [5.74, 6) is -0.491. The smallest absolute Gasteiger partial charge is 0.241 e. The van der Waals surface area contributed by atoms with E-state index >= 15 is 0 Å². The second-order valence-electron chi connectivity index (χ2n) is 8.19. The largest absolute Gasteiger partial charge is 0.351 e.